The summed E-state index contributed by atoms with van der Waals surface area (Å²) in [6.45, 7) is 0.524. The maximum Gasteiger partial charge on any atom is 0.312 e. The van der Waals surface area contributed by atoms with Gasteiger partial charge in [0, 0.05) is 25.0 Å². The van der Waals surface area contributed by atoms with E-state index in [9.17, 15) is 14.4 Å². The molecular weight excluding hydrogens is 370 g/mol. The molecule has 0 radical (unpaired) electrons. The van der Waals surface area contributed by atoms with E-state index < -0.39 is 5.97 Å². The highest BCUT2D eigenvalue weighted by Crippen LogP contribution is 2.35. The zero-order valence-corrected chi connectivity index (χ0v) is 16.8. The number of aromatic nitrogens is 2. The van der Waals surface area contributed by atoms with Crippen molar-refractivity contribution in [2.24, 2.45) is 13.0 Å². The first-order valence-electron chi connectivity index (χ1n) is 10.4. The van der Waals surface area contributed by atoms with Gasteiger partial charge in [-0.2, -0.15) is 5.10 Å². The average molecular weight is 397 g/mol. The minimum Gasteiger partial charge on any atom is -0.455 e. The molecule has 1 aromatic carbocycles. The lowest BCUT2D eigenvalue weighted by atomic mass is 9.78. The standard InChI is InChI=1S/C22H27N3O4/c1-24-22(28)17-10-4-3-9-16(17)18(23-24)13-21(27)29-14-20(26)25-12-6-8-15-7-2-5-11-19(15)25/h3-4,9-10,15,19H,2,5-8,11-14H2,1H3/t15-,19-/m0/s1. The Balaban J connectivity index is 1.40. The Kier molecular flexibility index (Phi) is 5.65. The number of nitrogens with zero attached hydrogens (tertiary/aromatic N) is 3. The molecule has 1 aliphatic heterocycles. The Morgan fingerprint density at radius 3 is 2.66 bits per heavy atom. The van der Waals surface area contributed by atoms with Gasteiger partial charge in [0.05, 0.1) is 17.5 Å². The van der Waals surface area contributed by atoms with Crippen LogP contribution >= 0.6 is 0 Å². The Bertz CT molecular complexity index is 982. The molecule has 2 aromatic rings. The van der Waals surface area contributed by atoms with Gasteiger partial charge in [0.25, 0.3) is 11.5 Å². The SMILES string of the molecule is Cn1nc(CC(=O)OCC(=O)N2CCC[C@@H]3CCCC[C@@H]32)c2ccccc2c1=O. The van der Waals surface area contributed by atoms with E-state index in [0.717, 1.165) is 25.8 Å². The molecule has 1 aliphatic carbocycles. The van der Waals surface area contributed by atoms with Crippen molar-refractivity contribution < 1.29 is 14.3 Å². The van der Waals surface area contributed by atoms with E-state index in [1.165, 1.54) is 23.9 Å². The fraction of sp³-hybridized carbons (Fsp3) is 0.545. The molecule has 1 amide bonds. The number of piperidine rings is 1. The Morgan fingerprint density at radius 2 is 1.83 bits per heavy atom. The van der Waals surface area contributed by atoms with Gasteiger partial charge in [-0.15, -0.1) is 0 Å². The van der Waals surface area contributed by atoms with Crippen LogP contribution < -0.4 is 5.56 Å². The number of rotatable bonds is 4. The largest absolute Gasteiger partial charge is 0.455 e. The van der Waals surface area contributed by atoms with Gasteiger partial charge >= 0.3 is 5.97 Å². The van der Waals surface area contributed by atoms with Crippen LogP contribution in [0.1, 0.15) is 44.2 Å². The topological polar surface area (TPSA) is 81.5 Å². The highest BCUT2D eigenvalue weighted by Gasteiger charge is 2.35. The summed E-state index contributed by atoms with van der Waals surface area (Å²) in [6.07, 6.45) is 6.80. The van der Waals surface area contributed by atoms with E-state index >= 15 is 0 Å². The van der Waals surface area contributed by atoms with Gasteiger partial charge in [-0.25, -0.2) is 4.68 Å². The molecule has 0 spiro atoms. The van der Waals surface area contributed by atoms with Crippen LogP contribution in [0.2, 0.25) is 0 Å². The van der Waals surface area contributed by atoms with Gasteiger partial charge in [0.2, 0.25) is 0 Å². The zero-order valence-electron chi connectivity index (χ0n) is 16.8. The van der Waals surface area contributed by atoms with Crippen molar-refractivity contribution in [2.75, 3.05) is 13.2 Å². The van der Waals surface area contributed by atoms with Crippen LogP contribution in [0.15, 0.2) is 29.1 Å². The smallest absolute Gasteiger partial charge is 0.312 e. The molecule has 4 rings (SSSR count). The maximum atomic E-state index is 12.7. The normalized spacial score (nSPS) is 21.6. The van der Waals surface area contributed by atoms with Crippen molar-refractivity contribution in [1.82, 2.24) is 14.7 Å². The number of amides is 1. The third-order valence-corrected chi connectivity index (χ3v) is 6.26. The van der Waals surface area contributed by atoms with Crippen LogP contribution in [-0.4, -0.2) is 45.8 Å². The third kappa shape index (κ3) is 4.04. The molecule has 2 fully saturated rings. The average Bonchev–Trinajstić information content (AvgIpc) is 2.75. The van der Waals surface area contributed by atoms with Crippen LogP contribution in [0, 0.1) is 5.92 Å². The molecule has 0 N–H and O–H groups in total. The van der Waals surface area contributed by atoms with Gasteiger partial charge in [-0.1, -0.05) is 31.0 Å². The van der Waals surface area contributed by atoms with Crippen molar-refractivity contribution in [3.05, 3.63) is 40.3 Å². The van der Waals surface area contributed by atoms with E-state index in [1.807, 2.05) is 4.90 Å². The van der Waals surface area contributed by atoms with E-state index in [-0.39, 0.29) is 24.5 Å². The Labute approximate surface area is 169 Å². The zero-order chi connectivity index (χ0) is 20.4. The maximum absolute atomic E-state index is 12.7. The number of esters is 1. The summed E-state index contributed by atoms with van der Waals surface area (Å²) in [6, 6.07) is 7.38. The highest BCUT2D eigenvalue weighted by molar-refractivity contribution is 5.87. The second-order valence-corrected chi connectivity index (χ2v) is 8.10. The lowest BCUT2D eigenvalue weighted by molar-refractivity contribution is -0.154. The quantitative estimate of drug-likeness (QED) is 0.739. The van der Waals surface area contributed by atoms with Crippen molar-refractivity contribution in [1.29, 1.82) is 0 Å². The van der Waals surface area contributed by atoms with Gasteiger partial charge in [0.1, 0.15) is 0 Å². The number of carbonyl (C=O) groups excluding carboxylic acids is 2. The number of benzene rings is 1. The summed E-state index contributed by atoms with van der Waals surface area (Å²) in [7, 11) is 1.56. The fourth-order valence-electron chi connectivity index (χ4n) is 4.85. The summed E-state index contributed by atoms with van der Waals surface area (Å²) < 4.78 is 6.53. The predicted molar refractivity (Wildman–Crippen MR) is 108 cm³/mol. The molecule has 2 atom stereocenters. The Hall–Kier alpha value is -2.70. The fourth-order valence-corrected chi connectivity index (χ4v) is 4.85. The van der Waals surface area contributed by atoms with E-state index in [4.69, 9.17) is 4.74 Å². The second kappa shape index (κ2) is 8.35. The first-order valence-corrected chi connectivity index (χ1v) is 10.4. The number of ether oxygens (including phenoxy) is 1. The van der Waals surface area contributed by atoms with Crippen molar-refractivity contribution in [3.63, 3.8) is 0 Å². The highest BCUT2D eigenvalue weighted by atomic mass is 16.5. The third-order valence-electron chi connectivity index (χ3n) is 6.26. The first-order chi connectivity index (χ1) is 14.0. The molecule has 1 saturated heterocycles. The number of carbonyl (C=O) groups is 2. The number of likely N-dealkylation sites (tertiary alicyclic amines) is 1. The molecule has 2 aliphatic rings. The van der Waals surface area contributed by atoms with E-state index in [0.29, 0.717) is 28.4 Å². The van der Waals surface area contributed by atoms with Crippen LogP contribution in [0.4, 0.5) is 0 Å². The number of fused-ring (bicyclic) bond motifs is 2. The molecule has 0 unspecified atom stereocenters. The summed E-state index contributed by atoms with van der Waals surface area (Å²) in [5.41, 5.74) is 0.269. The van der Waals surface area contributed by atoms with E-state index in [2.05, 4.69) is 5.10 Å². The molecular formula is C22H27N3O4. The number of hydrogen-bond donors (Lipinski definition) is 0. The molecule has 1 aromatic heterocycles. The summed E-state index contributed by atoms with van der Waals surface area (Å²) >= 11 is 0. The van der Waals surface area contributed by atoms with Crippen LogP contribution in [-0.2, 0) is 27.8 Å². The lowest BCUT2D eigenvalue weighted by Crippen LogP contribution is -2.50. The molecule has 7 heteroatoms. The summed E-state index contributed by atoms with van der Waals surface area (Å²) in [4.78, 5) is 39.2. The minimum absolute atomic E-state index is 0.0754. The Morgan fingerprint density at radius 1 is 1.10 bits per heavy atom. The molecule has 154 valence electrons. The molecule has 0 bridgehead atoms. The summed E-state index contributed by atoms with van der Waals surface area (Å²) in [5.74, 6) is -0.0154. The van der Waals surface area contributed by atoms with Gasteiger partial charge in [-0.3, -0.25) is 14.4 Å². The number of hydrogen-bond acceptors (Lipinski definition) is 5. The van der Waals surface area contributed by atoms with Gasteiger partial charge < -0.3 is 9.64 Å². The van der Waals surface area contributed by atoms with Crippen molar-refractivity contribution in [2.45, 2.75) is 51.0 Å². The molecule has 7 nitrogen and oxygen atoms in total. The van der Waals surface area contributed by atoms with Gasteiger partial charge in [0.15, 0.2) is 6.61 Å². The molecule has 2 heterocycles. The van der Waals surface area contributed by atoms with Crippen molar-refractivity contribution in [3.8, 4) is 0 Å². The van der Waals surface area contributed by atoms with Crippen LogP contribution in [0.25, 0.3) is 10.8 Å². The van der Waals surface area contributed by atoms with Crippen LogP contribution in [0.5, 0.6) is 0 Å². The summed E-state index contributed by atoms with van der Waals surface area (Å²) in [5, 5.41) is 5.37. The van der Waals surface area contributed by atoms with Crippen LogP contribution in [0.3, 0.4) is 0 Å². The monoisotopic (exact) mass is 397 g/mol. The molecule has 1 saturated carbocycles. The molecule has 29 heavy (non-hydrogen) atoms. The first kappa shape index (κ1) is 19.6. The van der Waals surface area contributed by atoms with Gasteiger partial charge in [-0.05, 0) is 37.7 Å². The second-order valence-electron chi connectivity index (χ2n) is 8.10. The van der Waals surface area contributed by atoms with Crippen molar-refractivity contribution >= 4 is 22.6 Å². The lowest BCUT2D eigenvalue weighted by Gasteiger charge is -2.44. The predicted octanol–water partition coefficient (Wildman–Crippen LogP) is 2.20. The van der Waals surface area contributed by atoms with E-state index in [1.54, 1.807) is 31.3 Å². The minimum atomic E-state index is -0.508. The number of aryl methyl sites for hydroxylation is 1.